The number of carbonyl (C=O) groups excluding carboxylic acids is 3. The van der Waals surface area contributed by atoms with E-state index in [1.165, 1.54) is 7.11 Å². The van der Waals surface area contributed by atoms with Crippen molar-refractivity contribution in [2.75, 3.05) is 20.3 Å². The van der Waals surface area contributed by atoms with E-state index in [0.717, 1.165) is 28.0 Å². The summed E-state index contributed by atoms with van der Waals surface area (Å²) in [5.74, 6) is -1.42. The SMILES string of the molecule is COC[C@@H]1NC(=O)[C@@H](CC(=O)N[C@H](CO)Cc2ccc(OCc3ccccc3)cc2)CC=CCC[C@H](Cc2ccccc2)C(=O)O[C@H]1c1ccccc1. The third kappa shape index (κ3) is 12.4. The second-order valence-electron chi connectivity index (χ2n) is 13.5. The van der Waals surface area contributed by atoms with E-state index in [0.29, 0.717) is 38.7 Å². The van der Waals surface area contributed by atoms with Crippen LogP contribution in [-0.2, 0) is 43.3 Å². The molecule has 1 aliphatic rings. The number of carbonyl (C=O) groups is 3. The largest absolute Gasteiger partial charge is 0.489 e. The number of esters is 1. The molecule has 4 aromatic rings. The third-order valence-corrected chi connectivity index (χ3v) is 9.38. The molecule has 9 heteroatoms. The Balaban J connectivity index is 1.27. The summed E-state index contributed by atoms with van der Waals surface area (Å²) in [4.78, 5) is 41.2. The Morgan fingerprint density at radius 3 is 2.17 bits per heavy atom. The predicted molar refractivity (Wildman–Crippen MR) is 204 cm³/mol. The number of hydrogen-bond acceptors (Lipinski definition) is 7. The molecular formula is C44H50N2O7. The predicted octanol–water partition coefficient (Wildman–Crippen LogP) is 6.31. The Bertz CT molecular complexity index is 1730. The molecule has 4 aromatic carbocycles. The summed E-state index contributed by atoms with van der Waals surface area (Å²) in [6.07, 6.45) is 5.38. The fraction of sp³-hybridized carbons (Fsp3) is 0.341. The molecule has 0 bridgehead atoms. The van der Waals surface area contributed by atoms with E-state index in [2.05, 4.69) is 10.6 Å². The zero-order chi connectivity index (χ0) is 37.3. The van der Waals surface area contributed by atoms with Crippen LogP contribution >= 0.6 is 0 Å². The van der Waals surface area contributed by atoms with Gasteiger partial charge in [-0.05, 0) is 66.5 Å². The fourth-order valence-corrected chi connectivity index (χ4v) is 6.51. The number of aliphatic hydroxyl groups excluding tert-OH is 1. The lowest BCUT2D eigenvalue weighted by molar-refractivity contribution is -0.158. The molecule has 0 spiro atoms. The van der Waals surface area contributed by atoms with Crippen LogP contribution in [0.25, 0.3) is 0 Å². The highest BCUT2D eigenvalue weighted by Gasteiger charge is 2.34. The zero-order valence-corrected chi connectivity index (χ0v) is 30.3. The van der Waals surface area contributed by atoms with Gasteiger partial charge in [0.1, 0.15) is 18.5 Å². The fourth-order valence-electron chi connectivity index (χ4n) is 6.51. The number of allylic oxidation sites excluding steroid dienone is 2. The molecular weight excluding hydrogens is 668 g/mol. The van der Waals surface area contributed by atoms with E-state index in [1.807, 2.05) is 127 Å². The summed E-state index contributed by atoms with van der Waals surface area (Å²) >= 11 is 0. The van der Waals surface area contributed by atoms with Crippen LogP contribution in [0.2, 0.25) is 0 Å². The van der Waals surface area contributed by atoms with Gasteiger partial charge in [0, 0.05) is 13.5 Å². The van der Waals surface area contributed by atoms with Gasteiger partial charge in [-0.1, -0.05) is 115 Å². The van der Waals surface area contributed by atoms with E-state index in [1.54, 1.807) is 0 Å². The van der Waals surface area contributed by atoms with E-state index >= 15 is 0 Å². The summed E-state index contributed by atoms with van der Waals surface area (Å²) < 4.78 is 17.7. The first kappa shape index (κ1) is 39.0. The van der Waals surface area contributed by atoms with Crippen LogP contribution in [0.15, 0.2) is 127 Å². The van der Waals surface area contributed by atoms with Gasteiger partial charge >= 0.3 is 5.97 Å². The topological polar surface area (TPSA) is 123 Å². The first-order valence-electron chi connectivity index (χ1n) is 18.3. The number of cyclic esters (lactones) is 1. The molecule has 0 radical (unpaired) electrons. The molecule has 5 atom stereocenters. The van der Waals surface area contributed by atoms with Crippen molar-refractivity contribution in [1.82, 2.24) is 10.6 Å². The monoisotopic (exact) mass is 718 g/mol. The molecule has 1 aliphatic heterocycles. The minimum absolute atomic E-state index is 0.0827. The van der Waals surface area contributed by atoms with E-state index in [-0.39, 0.29) is 37.4 Å². The van der Waals surface area contributed by atoms with Crippen molar-refractivity contribution >= 4 is 17.8 Å². The van der Waals surface area contributed by atoms with Crippen LogP contribution in [0.1, 0.15) is 54.0 Å². The average molecular weight is 719 g/mol. The highest BCUT2D eigenvalue weighted by molar-refractivity contribution is 5.86. The van der Waals surface area contributed by atoms with Crippen LogP contribution in [0.4, 0.5) is 0 Å². The van der Waals surface area contributed by atoms with Gasteiger partial charge in [0.25, 0.3) is 0 Å². The third-order valence-electron chi connectivity index (χ3n) is 9.38. The van der Waals surface area contributed by atoms with Gasteiger partial charge < -0.3 is 30.0 Å². The van der Waals surface area contributed by atoms with Crippen LogP contribution < -0.4 is 15.4 Å². The number of nitrogens with one attached hydrogen (secondary N) is 2. The quantitative estimate of drug-likeness (QED) is 0.103. The molecule has 0 fully saturated rings. The Kier molecular flexibility index (Phi) is 15.2. The van der Waals surface area contributed by atoms with E-state index in [9.17, 15) is 19.5 Å². The van der Waals surface area contributed by atoms with Gasteiger partial charge in [-0.2, -0.15) is 0 Å². The summed E-state index contributed by atoms with van der Waals surface area (Å²) in [5.41, 5.74) is 3.76. The first-order valence-corrected chi connectivity index (χ1v) is 18.3. The zero-order valence-electron chi connectivity index (χ0n) is 30.3. The molecule has 2 amide bonds. The van der Waals surface area contributed by atoms with Gasteiger partial charge in [0.05, 0.1) is 37.1 Å². The van der Waals surface area contributed by atoms with Crippen molar-refractivity contribution in [1.29, 1.82) is 0 Å². The lowest BCUT2D eigenvalue weighted by Gasteiger charge is -2.30. The van der Waals surface area contributed by atoms with Crippen molar-refractivity contribution in [3.05, 3.63) is 150 Å². The summed E-state index contributed by atoms with van der Waals surface area (Å²) in [6, 6.07) is 35.4. The van der Waals surface area contributed by atoms with E-state index in [4.69, 9.17) is 14.2 Å². The molecule has 53 heavy (non-hydrogen) atoms. The first-order chi connectivity index (χ1) is 25.9. The Labute approximate surface area is 312 Å². The average Bonchev–Trinajstić information content (AvgIpc) is 3.19. The molecule has 1 heterocycles. The summed E-state index contributed by atoms with van der Waals surface area (Å²) in [7, 11) is 1.53. The second-order valence-corrected chi connectivity index (χ2v) is 13.5. The minimum atomic E-state index is -0.817. The molecule has 0 aliphatic carbocycles. The molecule has 0 unspecified atom stereocenters. The Morgan fingerprint density at radius 1 is 0.849 bits per heavy atom. The maximum Gasteiger partial charge on any atom is 0.309 e. The minimum Gasteiger partial charge on any atom is -0.489 e. The number of aliphatic hydroxyl groups is 1. The van der Waals surface area contributed by atoms with Gasteiger partial charge in [0.15, 0.2) is 0 Å². The smallest absolute Gasteiger partial charge is 0.309 e. The van der Waals surface area contributed by atoms with Crippen LogP contribution in [-0.4, -0.2) is 55.3 Å². The van der Waals surface area contributed by atoms with Crippen LogP contribution in [0.3, 0.4) is 0 Å². The molecule has 5 rings (SSSR count). The number of amides is 2. The maximum atomic E-state index is 13.9. The molecule has 3 N–H and O–H groups in total. The number of benzene rings is 4. The van der Waals surface area contributed by atoms with Crippen molar-refractivity contribution in [3.8, 4) is 5.75 Å². The van der Waals surface area contributed by atoms with Crippen molar-refractivity contribution in [2.45, 2.75) is 63.3 Å². The van der Waals surface area contributed by atoms with Gasteiger partial charge in [-0.25, -0.2) is 0 Å². The number of rotatable bonds is 14. The van der Waals surface area contributed by atoms with Crippen LogP contribution in [0.5, 0.6) is 5.75 Å². The lowest BCUT2D eigenvalue weighted by Crippen LogP contribution is -2.47. The molecule has 9 nitrogen and oxygen atoms in total. The number of methoxy groups -OCH3 is 1. The Morgan fingerprint density at radius 2 is 1.51 bits per heavy atom. The summed E-state index contributed by atoms with van der Waals surface area (Å²) in [5, 5.41) is 16.2. The second kappa shape index (κ2) is 20.7. The van der Waals surface area contributed by atoms with Gasteiger partial charge in [0.2, 0.25) is 11.8 Å². The molecule has 0 aromatic heterocycles. The normalized spacial score (nSPS) is 20.1. The molecule has 0 saturated carbocycles. The lowest BCUT2D eigenvalue weighted by atomic mass is 9.94. The van der Waals surface area contributed by atoms with Crippen molar-refractivity contribution in [2.24, 2.45) is 11.8 Å². The molecule has 0 saturated heterocycles. The van der Waals surface area contributed by atoms with E-state index < -0.39 is 30.0 Å². The number of hydrogen-bond donors (Lipinski definition) is 3. The van der Waals surface area contributed by atoms with Crippen LogP contribution in [0, 0.1) is 11.8 Å². The Hall–Kier alpha value is -5.25. The highest BCUT2D eigenvalue weighted by atomic mass is 16.5. The standard InChI is InChI=1S/C44H50N2O7/c1-51-31-40-42(35-18-10-4-11-19-35)53-44(50)37(26-32-14-6-2-7-15-32)21-13-5-12-20-36(43(49)46-40)28-41(48)45-38(29-47)27-33-22-24-39(25-23-33)52-30-34-16-8-3-9-17-34/h2-12,14-19,22-25,36-38,40,42,47H,13,20-21,26-31H2,1H3,(H,45,48)(H,46,49)/t36-,37-,38+,40+,42+/m1/s1. The summed E-state index contributed by atoms with van der Waals surface area (Å²) in [6.45, 7) is 0.275. The van der Waals surface area contributed by atoms with Gasteiger partial charge in [-0.15, -0.1) is 0 Å². The highest BCUT2D eigenvalue weighted by Crippen LogP contribution is 2.27. The maximum absolute atomic E-state index is 13.9. The molecule has 278 valence electrons. The van der Waals surface area contributed by atoms with Crippen molar-refractivity contribution < 1.29 is 33.7 Å². The van der Waals surface area contributed by atoms with Gasteiger partial charge in [-0.3, -0.25) is 14.4 Å². The number of ether oxygens (including phenoxy) is 3. The van der Waals surface area contributed by atoms with Crippen molar-refractivity contribution in [3.63, 3.8) is 0 Å².